The summed E-state index contributed by atoms with van der Waals surface area (Å²) in [6.45, 7) is 4.27. The number of halogens is 1. The van der Waals surface area contributed by atoms with Crippen LogP contribution in [0.2, 0.25) is 5.02 Å². The second kappa shape index (κ2) is 10.9. The Labute approximate surface area is 188 Å². The van der Waals surface area contributed by atoms with Gasteiger partial charge in [-0.1, -0.05) is 54.3 Å². The van der Waals surface area contributed by atoms with Gasteiger partial charge >= 0.3 is 0 Å². The molecular weight excluding hydrogens is 416 g/mol. The van der Waals surface area contributed by atoms with Crippen LogP contribution in [0.25, 0.3) is 0 Å². The number of rotatable bonds is 8. The average Bonchev–Trinajstić information content (AvgIpc) is 3.24. The van der Waals surface area contributed by atoms with Crippen molar-refractivity contribution < 1.29 is 9.59 Å². The van der Waals surface area contributed by atoms with Crippen molar-refractivity contribution in [2.24, 2.45) is 0 Å². The molecule has 0 radical (unpaired) electrons. The lowest BCUT2D eigenvalue weighted by atomic mass is 10.1. The van der Waals surface area contributed by atoms with Crippen LogP contribution in [-0.2, 0) is 16.1 Å². The number of amides is 2. The SMILES string of the molecule is Cc1cccc(CN(C(=O)CSc2ccc(Cl)cc2)[C@H](C)C(=O)NC2CCCC2)c1. The minimum atomic E-state index is -0.524. The molecular formula is C24H29ClN2O2S. The Morgan fingerprint density at radius 2 is 1.87 bits per heavy atom. The number of hydrogen-bond donors (Lipinski definition) is 1. The van der Waals surface area contributed by atoms with E-state index in [9.17, 15) is 9.59 Å². The first-order valence-electron chi connectivity index (χ1n) is 10.5. The maximum atomic E-state index is 13.2. The highest BCUT2D eigenvalue weighted by Crippen LogP contribution is 2.22. The fourth-order valence-electron chi connectivity index (χ4n) is 3.74. The molecule has 1 N–H and O–H groups in total. The van der Waals surface area contributed by atoms with E-state index in [4.69, 9.17) is 11.6 Å². The molecule has 6 heteroatoms. The molecule has 1 aliphatic rings. The molecule has 2 aromatic rings. The maximum Gasteiger partial charge on any atom is 0.242 e. The molecule has 0 unspecified atom stereocenters. The van der Waals surface area contributed by atoms with Crippen molar-refractivity contribution in [1.29, 1.82) is 0 Å². The summed E-state index contributed by atoms with van der Waals surface area (Å²) in [4.78, 5) is 28.7. The van der Waals surface area contributed by atoms with Crippen molar-refractivity contribution in [3.8, 4) is 0 Å². The summed E-state index contributed by atoms with van der Waals surface area (Å²) in [5.74, 6) is 0.152. The summed E-state index contributed by atoms with van der Waals surface area (Å²) < 4.78 is 0. The van der Waals surface area contributed by atoms with Gasteiger partial charge in [-0.05, 0) is 56.5 Å². The molecule has 30 heavy (non-hydrogen) atoms. The lowest BCUT2D eigenvalue weighted by molar-refractivity contribution is -0.138. The third-order valence-electron chi connectivity index (χ3n) is 5.48. The quantitative estimate of drug-likeness (QED) is 0.568. The van der Waals surface area contributed by atoms with Gasteiger partial charge in [0.05, 0.1) is 5.75 Å². The van der Waals surface area contributed by atoms with Crippen LogP contribution in [-0.4, -0.2) is 34.6 Å². The smallest absolute Gasteiger partial charge is 0.242 e. The van der Waals surface area contributed by atoms with E-state index in [2.05, 4.69) is 11.4 Å². The summed E-state index contributed by atoms with van der Waals surface area (Å²) in [6, 6.07) is 15.2. The Balaban J connectivity index is 1.70. The number of nitrogens with zero attached hydrogens (tertiary/aromatic N) is 1. The lowest BCUT2D eigenvalue weighted by Crippen LogP contribution is -2.50. The molecule has 4 nitrogen and oxygen atoms in total. The first-order valence-corrected chi connectivity index (χ1v) is 11.8. The number of thioether (sulfide) groups is 1. The van der Waals surface area contributed by atoms with Crippen LogP contribution < -0.4 is 5.32 Å². The average molecular weight is 445 g/mol. The fraction of sp³-hybridized carbons (Fsp3) is 0.417. The van der Waals surface area contributed by atoms with E-state index in [1.54, 1.807) is 4.90 Å². The monoisotopic (exact) mass is 444 g/mol. The molecule has 0 heterocycles. The van der Waals surface area contributed by atoms with Crippen molar-refractivity contribution in [3.63, 3.8) is 0 Å². The van der Waals surface area contributed by atoms with Crippen LogP contribution in [0.3, 0.4) is 0 Å². The highest BCUT2D eigenvalue weighted by molar-refractivity contribution is 8.00. The second-order valence-corrected chi connectivity index (χ2v) is 9.40. The van der Waals surface area contributed by atoms with Gasteiger partial charge in [0, 0.05) is 22.5 Å². The third kappa shape index (κ3) is 6.51. The maximum absolute atomic E-state index is 13.2. The van der Waals surface area contributed by atoms with Gasteiger partial charge < -0.3 is 10.2 Å². The number of benzene rings is 2. The zero-order valence-corrected chi connectivity index (χ0v) is 19.1. The summed E-state index contributed by atoms with van der Waals surface area (Å²) in [5.41, 5.74) is 2.17. The predicted molar refractivity (Wildman–Crippen MR) is 124 cm³/mol. The molecule has 1 aliphatic carbocycles. The van der Waals surface area contributed by atoms with E-state index in [0.717, 1.165) is 41.7 Å². The molecule has 2 aromatic carbocycles. The topological polar surface area (TPSA) is 49.4 Å². The van der Waals surface area contributed by atoms with E-state index in [1.807, 2.05) is 56.3 Å². The third-order valence-corrected chi connectivity index (χ3v) is 6.73. The van der Waals surface area contributed by atoms with Crippen LogP contribution in [0.4, 0.5) is 0 Å². The Morgan fingerprint density at radius 1 is 1.17 bits per heavy atom. The van der Waals surface area contributed by atoms with Crippen LogP contribution >= 0.6 is 23.4 Å². The Morgan fingerprint density at radius 3 is 2.53 bits per heavy atom. The molecule has 1 atom stereocenters. The van der Waals surface area contributed by atoms with Gasteiger partial charge in [-0.3, -0.25) is 9.59 Å². The summed E-state index contributed by atoms with van der Waals surface area (Å²) in [5, 5.41) is 3.81. The largest absolute Gasteiger partial charge is 0.352 e. The number of carbonyl (C=O) groups excluding carboxylic acids is 2. The van der Waals surface area contributed by atoms with Gasteiger partial charge in [0.2, 0.25) is 11.8 Å². The minimum Gasteiger partial charge on any atom is -0.352 e. The molecule has 160 valence electrons. The number of aryl methyl sites for hydroxylation is 1. The van der Waals surface area contributed by atoms with Gasteiger partial charge in [-0.25, -0.2) is 0 Å². The Bertz CT molecular complexity index is 866. The molecule has 0 saturated heterocycles. The highest BCUT2D eigenvalue weighted by atomic mass is 35.5. The van der Waals surface area contributed by atoms with Crippen molar-refractivity contribution in [1.82, 2.24) is 10.2 Å². The molecule has 0 aromatic heterocycles. The molecule has 1 fully saturated rings. The van der Waals surface area contributed by atoms with Gasteiger partial charge in [-0.15, -0.1) is 11.8 Å². The van der Waals surface area contributed by atoms with Crippen molar-refractivity contribution in [2.45, 2.75) is 63.1 Å². The van der Waals surface area contributed by atoms with Crippen LogP contribution in [0.5, 0.6) is 0 Å². The second-order valence-electron chi connectivity index (χ2n) is 7.92. The minimum absolute atomic E-state index is 0.0504. The van der Waals surface area contributed by atoms with Gasteiger partial charge in [0.25, 0.3) is 0 Å². The Hall–Kier alpha value is -1.98. The molecule has 2 amide bonds. The number of carbonyl (C=O) groups is 2. The van der Waals surface area contributed by atoms with E-state index in [1.165, 1.54) is 11.8 Å². The molecule has 3 rings (SSSR count). The van der Waals surface area contributed by atoms with Crippen LogP contribution in [0.15, 0.2) is 53.4 Å². The van der Waals surface area contributed by atoms with Crippen molar-refractivity contribution >= 4 is 35.2 Å². The number of hydrogen-bond acceptors (Lipinski definition) is 3. The zero-order valence-electron chi connectivity index (χ0n) is 17.6. The van der Waals surface area contributed by atoms with E-state index in [0.29, 0.717) is 11.6 Å². The molecule has 0 aliphatic heterocycles. The van der Waals surface area contributed by atoms with Crippen molar-refractivity contribution in [3.05, 3.63) is 64.7 Å². The summed E-state index contributed by atoms with van der Waals surface area (Å²) >= 11 is 7.40. The van der Waals surface area contributed by atoms with Gasteiger partial charge in [0.15, 0.2) is 0 Å². The molecule has 0 spiro atoms. The molecule has 1 saturated carbocycles. The molecule has 0 bridgehead atoms. The first-order chi connectivity index (χ1) is 14.4. The zero-order chi connectivity index (χ0) is 21.5. The fourth-order valence-corrected chi connectivity index (χ4v) is 4.65. The normalized spacial score (nSPS) is 15.0. The highest BCUT2D eigenvalue weighted by Gasteiger charge is 2.28. The van der Waals surface area contributed by atoms with Gasteiger partial charge in [0.1, 0.15) is 6.04 Å². The summed E-state index contributed by atoms with van der Waals surface area (Å²) in [6.07, 6.45) is 4.36. The lowest BCUT2D eigenvalue weighted by Gasteiger charge is -2.29. The van der Waals surface area contributed by atoms with E-state index >= 15 is 0 Å². The van der Waals surface area contributed by atoms with E-state index < -0.39 is 6.04 Å². The standard InChI is InChI=1S/C24H29ClN2O2S/c1-17-6-5-7-19(14-17)15-27(18(2)24(29)26-21-8-3-4-9-21)23(28)16-30-22-12-10-20(25)11-13-22/h5-7,10-14,18,21H,3-4,8-9,15-16H2,1-2H3,(H,26,29)/t18-/m1/s1. The van der Waals surface area contributed by atoms with E-state index in [-0.39, 0.29) is 23.6 Å². The predicted octanol–water partition coefficient (Wildman–Crippen LogP) is 5.22. The van der Waals surface area contributed by atoms with Gasteiger partial charge in [-0.2, -0.15) is 0 Å². The summed E-state index contributed by atoms with van der Waals surface area (Å²) in [7, 11) is 0. The van der Waals surface area contributed by atoms with Crippen LogP contribution in [0, 0.1) is 6.92 Å². The first kappa shape index (κ1) is 22.7. The van der Waals surface area contributed by atoms with Crippen molar-refractivity contribution in [2.75, 3.05) is 5.75 Å². The van der Waals surface area contributed by atoms with Crippen LogP contribution in [0.1, 0.15) is 43.7 Å². The number of nitrogens with one attached hydrogen (secondary N) is 1. The Kier molecular flexibility index (Phi) is 8.23.